The van der Waals surface area contributed by atoms with Crippen LogP contribution in [0.15, 0.2) is 12.1 Å². The molecule has 0 aliphatic carbocycles. The fourth-order valence-corrected chi connectivity index (χ4v) is 1.73. The standard InChI is InChI=1S/C12H13F5N2O2/c1-7(3-2-4-12(15,16)17)18-10-6-11(19(20)21)9(14)5-8(10)13/h5-7,18H,2-4H2,1H3. The Balaban J connectivity index is 2.70. The predicted molar refractivity (Wildman–Crippen MR) is 66.0 cm³/mol. The van der Waals surface area contributed by atoms with Crippen LogP contribution in [-0.4, -0.2) is 17.1 Å². The van der Waals surface area contributed by atoms with Crippen molar-refractivity contribution < 1.29 is 26.9 Å². The lowest BCUT2D eigenvalue weighted by Gasteiger charge is -2.16. The Bertz CT molecular complexity index is 519. The second-order valence-electron chi connectivity index (χ2n) is 4.59. The third kappa shape index (κ3) is 5.52. The van der Waals surface area contributed by atoms with Gasteiger partial charge in [0.15, 0.2) is 0 Å². The van der Waals surface area contributed by atoms with Gasteiger partial charge >= 0.3 is 11.9 Å². The summed E-state index contributed by atoms with van der Waals surface area (Å²) in [6.45, 7) is 1.50. The minimum atomic E-state index is -4.26. The van der Waals surface area contributed by atoms with E-state index in [0.717, 1.165) is 0 Å². The van der Waals surface area contributed by atoms with E-state index in [-0.39, 0.29) is 18.5 Å². The third-order valence-electron chi connectivity index (χ3n) is 2.73. The number of nitro benzene ring substituents is 1. The van der Waals surface area contributed by atoms with Gasteiger partial charge in [-0.2, -0.15) is 17.6 Å². The third-order valence-corrected chi connectivity index (χ3v) is 2.73. The van der Waals surface area contributed by atoms with Crippen molar-refractivity contribution in [2.75, 3.05) is 5.32 Å². The predicted octanol–water partition coefficient (Wildman–Crippen LogP) is 4.41. The Kier molecular flexibility index (Phi) is 5.45. The fraction of sp³-hybridized carbons (Fsp3) is 0.500. The lowest BCUT2D eigenvalue weighted by Crippen LogP contribution is -2.17. The molecule has 9 heteroatoms. The van der Waals surface area contributed by atoms with Gasteiger partial charge in [-0.3, -0.25) is 10.1 Å². The van der Waals surface area contributed by atoms with Gasteiger partial charge in [-0.15, -0.1) is 0 Å². The first-order chi connectivity index (χ1) is 9.60. The van der Waals surface area contributed by atoms with Crippen LogP contribution in [0, 0.1) is 21.7 Å². The molecule has 0 fully saturated rings. The van der Waals surface area contributed by atoms with E-state index in [1.165, 1.54) is 6.92 Å². The summed E-state index contributed by atoms with van der Waals surface area (Å²) < 4.78 is 62.5. The van der Waals surface area contributed by atoms with E-state index >= 15 is 0 Å². The van der Waals surface area contributed by atoms with Gasteiger partial charge in [0.1, 0.15) is 5.82 Å². The lowest BCUT2D eigenvalue weighted by molar-refractivity contribution is -0.387. The molecule has 1 N–H and O–H groups in total. The quantitative estimate of drug-likeness (QED) is 0.481. The fourth-order valence-electron chi connectivity index (χ4n) is 1.73. The van der Waals surface area contributed by atoms with Crippen LogP contribution in [-0.2, 0) is 0 Å². The Morgan fingerprint density at radius 3 is 2.43 bits per heavy atom. The molecule has 4 nitrogen and oxygen atoms in total. The molecule has 21 heavy (non-hydrogen) atoms. The second kappa shape index (κ2) is 6.68. The van der Waals surface area contributed by atoms with Crippen molar-refractivity contribution in [2.24, 2.45) is 0 Å². The zero-order valence-corrected chi connectivity index (χ0v) is 11.0. The molecule has 0 saturated carbocycles. The maximum atomic E-state index is 13.5. The molecule has 1 aromatic rings. The Labute approximate surface area is 117 Å². The molecule has 1 atom stereocenters. The van der Waals surface area contributed by atoms with Gasteiger partial charge in [-0.05, 0) is 19.8 Å². The van der Waals surface area contributed by atoms with Crippen LogP contribution < -0.4 is 5.32 Å². The van der Waals surface area contributed by atoms with Crippen LogP contribution in [0.2, 0.25) is 0 Å². The number of benzene rings is 1. The molecular formula is C12H13F5N2O2. The summed E-state index contributed by atoms with van der Waals surface area (Å²) >= 11 is 0. The highest BCUT2D eigenvalue weighted by Crippen LogP contribution is 2.27. The molecule has 118 valence electrons. The lowest BCUT2D eigenvalue weighted by atomic mass is 10.1. The molecule has 0 aromatic heterocycles. The highest BCUT2D eigenvalue weighted by Gasteiger charge is 2.26. The molecule has 0 spiro atoms. The Hall–Kier alpha value is -1.93. The second-order valence-corrected chi connectivity index (χ2v) is 4.59. The van der Waals surface area contributed by atoms with E-state index in [9.17, 15) is 32.1 Å². The zero-order chi connectivity index (χ0) is 16.2. The van der Waals surface area contributed by atoms with Crippen molar-refractivity contribution >= 4 is 11.4 Å². The largest absolute Gasteiger partial charge is 0.389 e. The van der Waals surface area contributed by atoms with E-state index in [1.807, 2.05) is 0 Å². The SMILES string of the molecule is CC(CCCC(F)(F)F)Nc1cc([N+](=O)[O-])c(F)cc1F. The minimum Gasteiger partial charge on any atom is -0.380 e. The van der Waals surface area contributed by atoms with E-state index in [2.05, 4.69) is 5.32 Å². The van der Waals surface area contributed by atoms with E-state index in [4.69, 9.17) is 0 Å². The van der Waals surface area contributed by atoms with Crippen molar-refractivity contribution in [1.82, 2.24) is 0 Å². The van der Waals surface area contributed by atoms with Crippen molar-refractivity contribution in [3.63, 3.8) is 0 Å². The van der Waals surface area contributed by atoms with Gasteiger partial charge < -0.3 is 5.32 Å². The van der Waals surface area contributed by atoms with E-state index in [1.54, 1.807) is 0 Å². The monoisotopic (exact) mass is 312 g/mol. The number of nitrogens with one attached hydrogen (secondary N) is 1. The number of halogens is 5. The summed E-state index contributed by atoms with van der Waals surface area (Å²) in [7, 11) is 0. The Morgan fingerprint density at radius 1 is 1.29 bits per heavy atom. The van der Waals surface area contributed by atoms with Gasteiger partial charge in [0.25, 0.3) is 0 Å². The molecule has 0 saturated heterocycles. The van der Waals surface area contributed by atoms with Crippen molar-refractivity contribution in [3.05, 3.63) is 33.9 Å². The average Bonchev–Trinajstić information content (AvgIpc) is 2.30. The first kappa shape index (κ1) is 17.1. The number of rotatable bonds is 6. The summed E-state index contributed by atoms with van der Waals surface area (Å²) in [5.41, 5.74) is -1.22. The van der Waals surface area contributed by atoms with Crippen LogP contribution >= 0.6 is 0 Å². The molecule has 1 unspecified atom stereocenters. The molecule has 0 aliphatic heterocycles. The van der Waals surface area contributed by atoms with Crippen LogP contribution in [0.5, 0.6) is 0 Å². The zero-order valence-electron chi connectivity index (χ0n) is 11.0. The first-order valence-electron chi connectivity index (χ1n) is 6.07. The molecule has 0 bridgehead atoms. The van der Waals surface area contributed by atoms with Crippen LogP contribution in [0.1, 0.15) is 26.2 Å². The average molecular weight is 312 g/mol. The number of hydrogen-bond acceptors (Lipinski definition) is 3. The van der Waals surface area contributed by atoms with Crippen LogP contribution in [0.25, 0.3) is 0 Å². The summed E-state index contributed by atoms with van der Waals surface area (Å²) in [6, 6.07) is 0.500. The van der Waals surface area contributed by atoms with Crippen LogP contribution in [0.3, 0.4) is 0 Å². The summed E-state index contributed by atoms with van der Waals surface area (Å²) in [5.74, 6) is -2.35. The molecule has 0 radical (unpaired) electrons. The minimum absolute atomic E-state index is 0.0874. The summed E-state index contributed by atoms with van der Waals surface area (Å²) in [6.07, 6.45) is -5.31. The summed E-state index contributed by atoms with van der Waals surface area (Å²) in [4.78, 5) is 9.54. The number of anilines is 1. The maximum absolute atomic E-state index is 13.5. The molecule has 1 aromatic carbocycles. The van der Waals surface area contributed by atoms with E-state index < -0.39 is 40.9 Å². The molecule has 0 heterocycles. The van der Waals surface area contributed by atoms with E-state index in [0.29, 0.717) is 12.1 Å². The summed E-state index contributed by atoms with van der Waals surface area (Å²) in [5, 5.41) is 13.0. The highest BCUT2D eigenvalue weighted by molar-refractivity contribution is 5.53. The molecule has 1 rings (SSSR count). The molecule has 0 aliphatic rings. The van der Waals surface area contributed by atoms with Crippen molar-refractivity contribution in [3.8, 4) is 0 Å². The first-order valence-corrected chi connectivity index (χ1v) is 6.07. The number of alkyl halides is 3. The smallest absolute Gasteiger partial charge is 0.380 e. The highest BCUT2D eigenvalue weighted by atomic mass is 19.4. The van der Waals surface area contributed by atoms with Gasteiger partial charge in [-0.1, -0.05) is 0 Å². The number of nitrogens with zero attached hydrogens (tertiary/aromatic N) is 1. The van der Waals surface area contributed by atoms with Crippen molar-refractivity contribution in [1.29, 1.82) is 0 Å². The van der Waals surface area contributed by atoms with Gasteiger partial charge in [0.2, 0.25) is 5.82 Å². The number of hydrogen-bond donors (Lipinski definition) is 1. The Morgan fingerprint density at radius 2 is 1.90 bits per heavy atom. The van der Waals surface area contributed by atoms with Gasteiger partial charge in [-0.25, -0.2) is 4.39 Å². The molecule has 0 amide bonds. The normalized spacial score (nSPS) is 13.0. The van der Waals surface area contributed by atoms with Crippen LogP contribution in [0.4, 0.5) is 33.3 Å². The maximum Gasteiger partial charge on any atom is 0.389 e. The van der Waals surface area contributed by atoms with Crippen molar-refractivity contribution in [2.45, 2.75) is 38.4 Å². The molecular weight excluding hydrogens is 299 g/mol. The number of nitro groups is 1. The van der Waals surface area contributed by atoms with Gasteiger partial charge in [0.05, 0.1) is 10.6 Å². The topological polar surface area (TPSA) is 55.2 Å². The van der Waals surface area contributed by atoms with Gasteiger partial charge in [0, 0.05) is 24.6 Å².